The highest BCUT2D eigenvalue weighted by molar-refractivity contribution is 5.35. The van der Waals surface area contributed by atoms with E-state index in [0.717, 1.165) is 6.54 Å². The summed E-state index contributed by atoms with van der Waals surface area (Å²) in [4.78, 5) is 11.9. The van der Waals surface area contributed by atoms with Crippen LogP contribution in [0, 0.1) is 22.9 Å². The number of nitrogens with zero attached hydrogens (tertiary/aromatic N) is 2. The number of aryl methyl sites for hydroxylation is 1. The normalized spacial score (nSPS) is 10.9. The van der Waals surface area contributed by atoms with E-state index < -0.39 is 16.4 Å². The summed E-state index contributed by atoms with van der Waals surface area (Å²) in [5.41, 5.74) is 2.65. The van der Waals surface area contributed by atoms with E-state index in [1.807, 2.05) is 24.1 Å². The molecule has 0 N–H and O–H groups in total. The van der Waals surface area contributed by atoms with Gasteiger partial charge in [0.15, 0.2) is 0 Å². The van der Waals surface area contributed by atoms with Crippen LogP contribution in [0.15, 0.2) is 42.5 Å². The highest BCUT2D eigenvalue weighted by atomic mass is 19.1. The minimum atomic E-state index is -0.790. The molecule has 0 aliphatic carbocycles. The lowest BCUT2D eigenvalue weighted by Gasteiger charge is -2.18. The Bertz CT molecular complexity index is 658. The minimum Gasteiger partial charge on any atom is -0.298 e. The van der Waals surface area contributed by atoms with Crippen LogP contribution in [-0.4, -0.2) is 16.9 Å². The number of nitro groups is 1. The third kappa shape index (κ3) is 3.86. The van der Waals surface area contributed by atoms with Gasteiger partial charge in [-0.05, 0) is 36.7 Å². The minimum absolute atomic E-state index is 0.486. The first-order chi connectivity index (χ1) is 9.97. The van der Waals surface area contributed by atoms with Gasteiger partial charge in [-0.2, -0.15) is 4.39 Å². The molecule has 0 heterocycles. The van der Waals surface area contributed by atoms with Crippen molar-refractivity contribution < 1.29 is 9.31 Å². The number of benzene rings is 2. The molecular formula is C16H17FN2O2. The second-order valence-electron chi connectivity index (χ2n) is 5.14. The van der Waals surface area contributed by atoms with Crippen LogP contribution in [0.4, 0.5) is 10.1 Å². The van der Waals surface area contributed by atoms with E-state index in [9.17, 15) is 14.5 Å². The van der Waals surface area contributed by atoms with Gasteiger partial charge in [0.2, 0.25) is 5.82 Å². The van der Waals surface area contributed by atoms with Crippen LogP contribution < -0.4 is 0 Å². The summed E-state index contributed by atoms with van der Waals surface area (Å²) in [6.45, 7) is 3.32. The van der Waals surface area contributed by atoms with Crippen LogP contribution in [-0.2, 0) is 13.1 Å². The van der Waals surface area contributed by atoms with Gasteiger partial charge in [0.05, 0.1) is 4.92 Å². The van der Waals surface area contributed by atoms with Crippen molar-refractivity contribution in [1.29, 1.82) is 0 Å². The Labute approximate surface area is 123 Å². The molecule has 0 amide bonds. The Morgan fingerprint density at radius 1 is 1.19 bits per heavy atom. The van der Waals surface area contributed by atoms with Crippen molar-refractivity contribution in [3.63, 3.8) is 0 Å². The number of hydrogen-bond donors (Lipinski definition) is 0. The molecule has 0 fully saturated rings. The van der Waals surface area contributed by atoms with Crippen LogP contribution in [0.3, 0.4) is 0 Å². The molecule has 0 bridgehead atoms. The van der Waals surface area contributed by atoms with Crippen molar-refractivity contribution in [3.8, 4) is 0 Å². The second kappa shape index (κ2) is 6.45. The summed E-state index contributed by atoms with van der Waals surface area (Å²) in [6.07, 6.45) is 0. The van der Waals surface area contributed by atoms with E-state index in [1.165, 1.54) is 23.3 Å². The summed E-state index contributed by atoms with van der Waals surface area (Å²) < 4.78 is 13.6. The molecule has 0 spiro atoms. The van der Waals surface area contributed by atoms with Gasteiger partial charge >= 0.3 is 5.69 Å². The fourth-order valence-electron chi connectivity index (χ4n) is 2.24. The van der Waals surface area contributed by atoms with Crippen LogP contribution in [0.25, 0.3) is 0 Å². The molecule has 0 aromatic heterocycles. The van der Waals surface area contributed by atoms with Gasteiger partial charge in [0.1, 0.15) is 0 Å². The molecule has 2 rings (SSSR count). The molecule has 0 saturated carbocycles. The zero-order valence-electron chi connectivity index (χ0n) is 12.0. The van der Waals surface area contributed by atoms with Crippen LogP contribution in [0.1, 0.15) is 16.7 Å². The van der Waals surface area contributed by atoms with Gasteiger partial charge in [0.25, 0.3) is 0 Å². The predicted octanol–water partition coefficient (Wildman–Crippen LogP) is 3.67. The lowest BCUT2D eigenvalue weighted by Crippen LogP contribution is -2.18. The van der Waals surface area contributed by atoms with E-state index in [0.29, 0.717) is 12.1 Å². The van der Waals surface area contributed by atoms with Gasteiger partial charge < -0.3 is 0 Å². The quantitative estimate of drug-likeness (QED) is 0.623. The Hall–Kier alpha value is -2.27. The first-order valence-electron chi connectivity index (χ1n) is 6.63. The Kier molecular flexibility index (Phi) is 4.65. The molecule has 0 unspecified atom stereocenters. The summed E-state index contributed by atoms with van der Waals surface area (Å²) in [6, 6.07) is 12.1. The smallest absolute Gasteiger partial charge is 0.298 e. The molecule has 110 valence electrons. The molecule has 2 aromatic rings. The fraction of sp³-hybridized carbons (Fsp3) is 0.250. The lowest BCUT2D eigenvalue weighted by molar-refractivity contribution is -0.387. The molecule has 0 aliphatic rings. The molecule has 0 radical (unpaired) electrons. The fourth-order valence-corrected chi connectivity index (χ4v) is 2.24. The third-order valence-electron chi connectivity index (χ3n) is 3.36. The van der Waals surface area contributed by atoms with Crippen molar-refractivity contribution in [2.75, 3.05) is 7.05 Å². The van der Waals surface area contributed by atoms with Crippen LogP contribution in [0.5, 0.6) is 0 Å². The van der Waals surface area contributed by atoms with Crippen molar-refractivity contribution >= 4 is 5.69 Å². The summed E-state index contributed by atoms with van der Waals surface area (Å²) in [7, 11) is 1.94. The zero-order chi connectivity index (χ0) is 15.4. The topological polar surface area (TPSA) is 46.4 Å². The highest BCUT2D eigenvalue weighted by Gasteiger charge is 2.14. The number of nitro benzene ring substituents is 1. The molecular weight excluding hydrogens is 271 g/mol. The van der Waals surface area contributed by atoms with Gasteiger partial charge in [-0.1, -0.05) is 30.3 Å². The molecule has 0 atom stereocenters. The molecule has 4 nitrogen and oxygen atoms in total. The van der Waals surface area contributed by atoms with Crippen molar-refractivity contribution in [1.82, 2.24) is 4.90 Å². The Balaban J connectivity index is 2.06. The number of rotatable bonds is 5. The molecule has 2 aromatic carbocycles. The second-order valence-corrected chi connectivity index (χ2v) is 5.14. The standard InChI is InChI=1S/C16H17FN2O2/c1-12-5-3-4-6-14(12)11-18(2)10-13-7-8-16(19(20)21)15(17)9-13/h3-9H,10-11H2,1-2H3. The summed E-state index contributed by atoms with van der Waals surface area (Å²) >= 11 is 0. The van der Waals surface area contributed by atoms with E-state index >= 15 is 0 Å². The maximum atomic E-state index is 13.6. The largest absolute Gasteiger partial charge is 0.304 e. The van der Waals surface area contributed by atoms with E-state index in [4.69, 9.17) is 0 Å². The van der Waals surface area contributed by atoms with Gasteiger partial charge in [0, 0.05) is 19.2 Å². The molecule has 21 heavy (non-hydrogen) atoms. The molecule has 0 aliphatic heterocycles. The van der Waals surface area contributed by atoms with Crippen LogP contribution >= 0.6 is 0 Å². The van der Waals surface area contributed by atoms with Gasteiger partial charge in [-0.3, -0.25) is 15.0 Å². The summed E-state index contributed by atoms with van der Waals surface area (Å²) in [5.74, 6) is -0.790. The summed E-state index contributed by atoms with van der Waals surface area (Å²) in [5, 5.41) is 10.6. The zero-order valence-corrected chi connectivity index (χ0v) is 12.0. The van der Waals surface area contributed by atoms with Crippen LogP contribution in [0.2, 0.25) is 0 Å². The average Bonchev–Trinajstić information content (AvgIpc) is 2.41. The van der Waals surface area contributed by atoms with Gasteiger partial charge in [-0.25, -0.2) is 0 Å². The third-order valence-corrected chi connectivity index (χ3v) is 3.36. The maximum absolute atomic E-state index is 13.6. The Morgan fingerprint density at radius 3 is 2.52 bits per heavy atom. The monoisotopic (exact) mass is 288 g/mol. The van der Waals surface area contributed by atoms with Crippen molar-refractivity contribution in [2.24, 2.45) is 0 Å². The highest BCUT2D eigenvalue weighted by Crippen LogP contribution is 2.19. The van der Waals surface area contributed by atoms with E-state index in [2.05, 4.69) is 19.1 Å². The Morgan fingerprint density at radius 2 is 1.90 bits per heavy atom. The van der Waals surface area contributed by atoms with Crippen molar-refractivity contribution in [3.05, 3.63) is 75.1 Å². The first kappa shape index (κ1) is 15.1. The van der Waals surface area contributed by atoms with E-state index in [1.54, 1.807) is 6.07 Å². The average molecular weight is 288 g/mol. The maximum Gasteiger partial charge on any atom is 0.304 e. The molecule has 5 heteroatoms. The van der Waals surface area contributed by atoms with E-state index in [-0.39, 0.29) is 0 Å². The number of hydrogen-bond acceptors (Lipinski definition) is 3. The predicted molar refractivity (Wildman–Crippen MR) is 79.4 cm³/mol. The first-order valence-corrected chi connectivity index (χ1v) is 6.63. The number of halogens is 1. The van der Waals surface area contributed by atoms with Gasteiger partial charge in [-0.15, -0.1) is 0 Å². The lowest BCUT2D eigenvalue weighted by atomic mass is 10.1. The van der Waals surface area contributed by atoms with Crippen molar-refractivity contribution in [2.45, 2.75) is 20.0 Å². The SMILES string of the molecule is Cc1ccccc1CN(C)Cc1ccc([N+](=O)[O-])c(F)c1. The molecule has 0 saturated heterocycles.